The minimum absolute atomic E-state index is 0.128. The van der Waals surface area contributed by atoms with Crippen LogP contribution in [0, 0.1) is 6.92 Å². The Morgan fingerprint density at radius 1 is 1.45 bits per heavy atom. The van der Waals surface area contributed by atoms with Crippen LogP contribution >= 0.6 is 15.9 Å². The van der Waals surface area contributed by atoms with Crippen molar-refractivity contribution in [2.75, 3.05) is 30.8 Å². The fourth-order valence-electron chi connectivity index (χ4n) is 1.55. The second-order valence-corrected chi connectivity index (χ2v) is 6.95. The zero-order valence-corrected chi connectivity index (χ0v) is 13.9. The molecule has 0 unspecified atom stereocenters. The maximum absolute atomic E-state index is 11.8. The molecule has 0 bridgehead atoms. The predicted molar refractivity (Wildman–Crippen MR) is 81.5 cm³/mol. The topological polar surface area (TPSA) is 75.7 Å². The van der Waals surface area contributed by atoms with Gasteiger partial charge in [-0.15, -0.1) is 0 Å². The normalized spacial score (nSPS) is 11.0. The summed E-state index contributed by atoms with van der Waals surface area (Å²) in [4.78, 5) is 11.0. The van der Waals surface area contributed by atoms with Gasteiger partial charge in [0.25, 0.3) is 0 Å². The molecule has 1 rings (SSSR count). The van der Waals surface area contributed by atoms with Crippen LogP contribution in [0.15, 0.2) is 22.7 Å². The fourth-order valence-corrected chi connectivity index (χ4v) is 2.84. The average molecular weight is 365 g/mol. The van der Waals surface area contributed by atoms with Gasteiger partial charge in [0.05, 0.1) is 25.6 Å². The van der Waals surface area contributed by atoms with Crippen LogP contribution < -0.4 is 9.62 Å². The molecule has 0 aromatic heterocycles. The third kappa shape index (κ3) is 4.68. The summed E-state index contributed by atoms with van der Waals surface area (Å²) >= 11 is 3.37. The molecule has 1 amide bonds. The standard InChI is InChI=1S/C12H17BrN2O4S/c1-9-4-5-10(8-11(9)13)15(20(3,17)18)7-6-14-12(16)19-2/h4-5,8H,6-7H2,1-3H3,(H,14,16). The number of aryl methyl sites for hydroxylation is 1. The van der Waals surface area contributed by atoms with E-state index in [9.17, 15) is 13.2 Å². The molecular formula is C12H17BrN2O4S. The van der Waals surface area contributed by atoms with Gasteiger partial charge in [-0.25, -0.2) is 13.2 Å². The Morgan fingerprint density at radius 2 is 2.10 bits per heavy atom. The minimum atomic E-state index is -3.43. The van der Waals surface area contributed by atoms with Crippen LogP contribution in [0.1, 0.15) is 5.56 Å². The number of benzene rings is 1. The molecule has 0 spiro atoms. The number of nitrogens with one attached hydrogen (secondary N) is 1. The van der Waals surface area contributed by atoms with Crippen molar-refractivity contribution in [3.63, 3.8) is 0 Å². The van der Waals surface area contributed by atoms with Crippen molar-refractivity contribution in [1.82, 2.24) is 5.32 Å². The van der Waals surface area contributed by atoms with E-state index < -0.39 is 16.1 Å². The summed E-state index contributed by atoms with van der Waals surface area (Å²) in [7, 11) is -2.18. The van der Waals surface area contributed by atoms with Crippen LogP contribution in [0.5, 0.6) is 0 Å². The molecule has 0 aliphatic rings. The number of sulfonamides is 1. The lowest BCUT2D eigenvalue weighted by Crippen LogP contribution is -2.38. The highest BCUT2D eigenvalue weighted by molar-refractivity contribution is 9.10. The summed E-state index contributed by atoms with van der Waals surface area (Å²) < 4.78 is 30.2. The van der Waals surface area contributed by atoms with Crippen LogP contribution in [-0.2, 0) is 14.8 Å². The third-order valence-electron chi connectivity index (χ3n) is 2.61. The van der Waals surface area contributed by atoms with Crippen molar-refractivity contribution in [3.8, 4) is 0 Å². The van der Waals surface area contributed by atoms with E-state index in [0.717, 1.165) is 16.3 Å². The Kier molecular flexibility index (Phi) is 5.82. The van der Waals surface area contributed by atoms with E-state index in [4.69, 9.17) is 0 Å². The van der Waals surface area contributed by atoms with Crippen LogP contribution in [0.25, 0.3) is 0 Å². The van der Waals surface area contributed by atoms with E-state index >= 15 is 0 Å². The number of anilines is 1. The zero-order valence-electron chi connectivity index (χ0n) is 11.5. The zero-order chi connectivity index (χ0) is 15.3. The number of carbonyl (C=O) groups is 1. The number of hydrogen-bond donors (Lipinski definition) is 1. The van der Waals surface area contributed by atoms with Gasteiger partial charge in [0, 0.05) is 11.0 Å². The molecule has 0 atom stereocenters. The van der Waals surface area contributed by atoms with Crippen molar-refractivity contribution in [2.45, 2.75) is 6.92 Å². The van der Waals surface area contributed by atoms with Crippen LogP contribution in [0.4, 0.5) is 10.5 Å². The maximum Gasteiger partial charge on any atom is 0.406 e. The van der Waals surface area contributed by atoms with Gasteiger partial charge >= 0.3 is 6.09 Å². The number of nitrogens with zero attached hydrogens (tertiary/aromatic N) is 1. The fraction of sp³-hybridized carbons (Fsp3) is 0.417. The van der Waals surface area contributed by atoms with Crippen LogP contribution in [0.3, 0.4) is 0 Å². The van der Waals surface area contributed by atoms with E-state index in [2.05, 4.69) is 26.0 Å². The number of ether oxygens (including phenoxy) is 1. The van der Waals surface area contributed by atoms with Crippen molar-refractivity contribution in [1.29, 1.82) is 0 Å². The highest BCUT2D eigenvalue weighted by Gasteiger charge is 2.18. The Balaban J connectivity index is 2.90. The molecule has 0 aliphatic heterocycles. The molecule has 8 heteroatoms. The molecule has 1 N–H and O–H groups in total. The second kappa shape index (κ2) is 6.94. The number of halogens is 1. The Morgan fingerprint density at radius 3 is 2.60 bits per heavy atom. The minimum Gasteiger partial charge on any atom is -0.453 e. The van der Waals surface area contributed by atoms with Crippen molar-refractivity contribution < 1.29 is 17.9 Å². The lowest BCUT2D eigenvalue weighted by atomic mass is 10.2. The molecule has 1 aromatic rings. The Bertz CT molecular complexity index is 589. The van der Waals surface area contributed by atoms with Crippen molar-refractivity contribution >= 4 is 37.7 Å². The second-order valence-electron chi connectivity index (χ2n) is 4.19. The van der Waals surface area contributed by atoms with Gasteiger partial charge in [0.15, 0.2) is 0 Å². The third-order valence-corrected chi connectivity index (χ3v) is 4.66. The molecule has 6 nitrogen and oxygen atoms in total. The van der Waals surface area contributed by atoms with Crippen LogP contribution in [0.2, 0.25) is 0 Å². The van der Waals surface area contributed by atoms with Gasteiger partial charge in [-0.05, 0) is 24.6 Å². The van der Waals surface area contributed by atoms with Gasteiger partial charge in [0.2, 0.25) is 10.0 Å². The largest absolute Gasteiger partial charge is 0.453 e. The van der Waals surface area contributed by atoms with E-state index in [-0.39, 0.29) is 13.1 Å². The number of methoxy groups -OCH3 is 1. The lowest BCUT2D eigenvalue weighted by molar-refractivity contribution is 0.171. The molecule has 0 saturated carbocycles. The summed E-state index contributed by atoms with van der Waals surface area (Å²) in [5, 5.41) is 2.45. The van der Waals surface area contributed by atoms with Crippen LogP contribution in [-0.4, -0.2) is 41.0 Å². The van der Waals surface area contributed by atoms with Crippen molar-refractivity contribution in [2.24, 2.45) is 0 Å². The maximum atomic E-state index is 11.8. The summed E-state index contributed by atoms with van der Waals surface area (Å²) in [6.45, 7) is 2.20. The molecule has 0 saturated heterocycles. The first-order valence-corrected chi connectivity index (χ1v) is 8.45. The number of amides is 1. The first kappa shape index (κ1) is 16.8. The summed E-state index contributed by atoms with van der Waals surface area (Å²) in [6, 6.07) is 5.28. The summed E-state index contributed by atoms with van der Waals surface area (Å²) in [6.07, 6.45) is 0.530. The smallest absolute Gasteiger partial charge is 0.406 e. The molecule has 20 heavy (non-hydrogen) atoms. The molecular weight excluding hydrogens is 348 g/mol. The average Bonchev–Trinajstić information content (AvgIpc) is 2.36. The molecule has 0 heterocycles. The molecule has 1 aromatic carbocycles. The summed E-state index contributed by atoms with van der Waals surface area (Å²) in [5.74, 6) is 0. The number of carbonyl (C=O) groups excluding carboxylic acids is 1. The highest BCUT2D eigenvalue weighted by Crippen LogP contribution is 2.24. The number of hydrogen-bond acceptors (Lipinski definition) is 4. The van der Waals surface area contributed by atoms with Gasteiger partial charge in [0.1, 0.15) is 0 Å². The summed E-state index contributed by atoms with van der Waals surface area (Å²) in [5.41, 5.74) is 1.55. The Hall–Kier alpha value is -1.28. The number of alkyl carbamates (subject to hydrolysis) is 1. The highest BCUT2D eigenvalue weighted by atomic mass is 79.9. The van der Waals surface area contributed by atoms with Gasteiger partial charge < -0.3 is 10.1 Å². The van der Waals surface area contributed by atoms with E-state index in [1.807, 2.05) is 13.0 Å². The van der Waals surface area contributed by atoms with Gasteiger partial charge in [-0.1, -0.05) is 22.0 Å². The first-order chi connectivity index (χ1) is 9.25. The first-order valence-electron chi connectivity index (χ1n) is 5.81. The van der Waals surface area contributed by atoms with Crippen molar-refractivity contribution in [3.05, 3.63) is 28.2 Å². The SMILES string of the molecule is COC(=O)NCCN(c1ccc(C)c(Br)c1)S(C)(=O)=O. The van der Waals surface area contributed by atoms with Gasteiger partial charge in [-0.2, -0.15) is 0 Å². The predicted octanol–water partition coefficient (Wildman–Crippen LogP) is 1.88. The molecule has 0 radical (unpaired) electrons. The lowest BCUT2D eigenvalue weighted by Gasteiger charge is -2.23. The van der Waals surface area contributed by atoms with Gasteiger partial charge in [-0.3, -0.25) is 4.31 Å². The number of rotatable bonds is 5. The molecule has 0 fully saturated rings. The van der Waals surface area contributed by atoms with E-state index in [1.165, 1.54) is 11.4 Å². The monoisotopic (exact) mass is 364 g/mol. The molecule has 0 aliphatic carbocycles. The van der Waals surface area contributed by atoms with E-state index in [1.54, 1.807) is 12.1 Å². The molecule has 112 valence electrons. The quantitative estimate of drug-likeness (QED) is 0.865. The van der Waals surface area contributed by atoms with E-state index in [0.29, 0.717) is 5.69 Å². The Labute approximate surface area is 127 Å².